The lowest BCUT2D eigenvalue weighted by Crippen LogP contribution is -2.11. The van der Waals surface area contributed by atoms with Crippen LogP contribution in [-0.4, -0.2) is 5.91 Å². The molecule has 1 rings (SSSR count). The van der Waals surface area contributed by atoms with Crippen molar-refractivity contribution in [2.75, 3.05) is 5.32 Å². The topological polar surface area (TPSA) is 29.1 Å². The minimum Gasteiger partial charge on any atom is -0.322 e. The quantitative estimate of drug-likeness (QED) is 0.797. The molecule has 0 saturated carbocycles. The van der Waals surface area contributed by atoms with E-state index in [0.29, 0.717) is 5.02 Å². The molecule has 0 aliphatic heterocycles. The van der Waals surface area contributed by atoms with Crippen molar-refractivity contribution in [1.29, 1.82) is 0 Å². The Balaban J connectivity index is 3.24. The fourth-order valence-corrected chi connectivity index (χ4v) is 1.93. The number of benzene rings is 1. The van der Waals surface area contributed by atoms with Crippen molar-refractivity contribution in [3.05, 3.63) is 40.9 Å². The van der Waals surface area contributed by atoms with Crippen molar-refractivity contribution in [2.45, 2.75) is 26.7 Å². The summed E-state index contributed by atoms with van der Waals surface area (Å²) in [5, 5.41) is 3.52. The van der Waals surface area contributed by atoms with Crippen LogP contribution in [-0.2, 0) is 17.6 Å². The highest BCUT2D eigenvalue weighted by molar-refractivity contribution is 6.32. The van der Waals surface area contributed by atoms with Crippen LogP contribution in [0.15, 0.2) is 24.8 Å². The van der Waals surface area contributed by atoms with E-state index in [2.05, 4.69) is 11.9 Å². The van der Waals surface area contributed by atoms with E-state index in [1.54, 1.807) is 0 Å². The first-order valence-electron chi connectivity index (χ1n) is 5.37. The predicted octanol–water partition coefficient (Wildman–Crippen LogP) is 3.59. The molecule has 16 heavy (non-hydrogen) atoms. The highest BCUT2D eigenvalue weighted by Crippen LogP contribution is 2.29. The Kier molecular flexibility index (Phi) is 4.56. The summed E-state index contributed by atoms with van der Waals surface area (Å²) in [6.07, 6.45) is 2.91. The monoisotopic (exact) mass is 237 g/mol. The maximum Gasteiger partial charge on any atom is 0.247 e. The highest BCUT2D eigenvalue weighted by atomic mass is 35.5. The number of carbonyl (C=O) groups is 1. The third-order valence-corrected chi connectivity index (χ3v) is 2.86. The van der Waals surface area contributed by atoms with Gasteiger partial charge in [-0.3, -0.25) is 4.79 Å². The summed E-state index contributed by atoms with van der Waals surface area (Å²) in [6.45, 7) is 7.51. The normalized spacial score (nSPS) is 9.94. The van der Waals surface area contributed by atoms with Crippen molar-refractivity contribution < 1.29 is 4.79 Å². The van der Waals surface area contributed by atoms with Gasteiger partial charge in [0.15, 0.2) is 0 Å². The van der Waals surface area contributed by atoms with E-state index >= 15 is 0 Å². The summed E-state index contributed by atoms with van der Waals surface area (Å²) in [6, 6.07) is 3.82. The number of nitrogens with one attached hydrogen (secondary N) is 1. The average Bonchev–Trinajstić information content (AvgIpc) is 2.29. The van der Waals surface area contributed by atoms with Gasteiger partial charge in [0, 0.05) is 10.7 Å². The molecule has 1 amide bonds. The zero-order valence-corrected chi connectivity index (χ0v) is 10.4. The van der Waals surface area contributed by atoms with Gasteiger partial charge in [0.25, 0.3) is 0 Å². The van der Waals surface area contributed by atoms with Crippen molar-refractivity contribution in [3.8, 4) is 0 Å². The molecule has 0 heterocycles. The van der Waals surface area contributed by atoms with Gasteiger partial charge in [-0.05, 0) is 36.1 Å². The molecular formula is C13H16ClNO. The molecule has 0 saturated heterocycles. The van der Waals surface area contributed by atoms with Crippen LogP contribution in [0.3, 0.4) is 0 Å². The fraction of sp³-hybridized carbons (Fsp3) is 0.308. The summed E-state index contributed by atoms with van der Waals surface area (Å²) in [4.78, 5) is 11.4. The molecule has 3 heteroatoms. The second-order valence-electron chi connectivity index (χ2n) is 3.46. The van der Waals surface area contributed by atoms with Crippen molar-refractivity contribution in [1.82, 2.24) is 0 Å². The molecule has 0 atom stereocenters. The van der Waals surface area contributed by atoms with Crippen LogP contribution in [0, 0.1) is 0 Å². The van der Waals surface area contributed by atoms with E-state index in [-0.39, 0.29) is 5.91 Å². The van der Waals surface area contributed by atoms with E-state index in [4.69, 9.17) is 11.6 Å². The van der Waals surface area contributed by atoms with Crippen LogP contribution in [0.25, 0.3) is 0 Å². The SMILES string of the molecule is C=CC(=O)Nc1c(CC)ccc(Cl)c1CC. The molecule has 1 N–H and O–H groups in total. The standard InChI is InChI=1S/C13H16ClNO/c1-4-9-7-8-11(14)10(5-2)13(9)15-12(16)6-3/h6-8H,3-5H2,1-2H3,(H,15,16). The Morgan fingerprint density at radius 3 is 2.62 bits per heavy atom. The second kappa shape index (κ2) is 5.71. The molecule has 0 aromatic heterocycles. The van der Waals surface area contributed by atoms with E-state index < -0.39 is 0 Å². The molecule has 0 aliphatic rings. The summed E-state index contributed by atoms with van der Waals surface area (Å²) in [5.74, 6) is -0.202. The molecule has 1 aromatic carbocycles. The highest BCUT2D eigenvalue weighted by Gasteiger charge is 2.11. The van der Waals surface area contributed by atoms with Gasteiger partial charge in [-0.15, -0.1) is 0 Å². The molecule has 0 unspecified atom stereocenters. The van der Waals surface area contributed by atoms with E-state index in [1.165, 1.54) is 6.08 Å². The van der Waals surface area contributed by atoms with Crippen molar-refractivity contribution in [2.24, 2.45) is 0 Å². The van der Waals surface area contributed by atoms with Crippen LogP contribution in [0.5, 0.6) is 0 Å². The Labute approximate surface area is 101 Å². The number of rotatable bonds is 4. The predicted molar refractivity (Wildman–Crippen MR) is 69.0 cm³/mol. The van der Waals surface area contributed by atoms with Gasteiger partial charge in [0.1, 0.15) is 0 Å². The summed E-state index contributed by atoms with van der Waals surface area (Å²) < 4.78 is 0. The van der Waals surface area contributed by atoms with Gasteiger partial charge >= 0.3 is 0 Å². The van der Waals surface area contributed by atoms with Crippen LogP contribution in [0.2, 0.25) is 5.02 Å². The first-order valence-corrected chi connectivity index (χ1v) is 5.75. The molecule has 0 spiro atoms. The van der Waals surface area contributed by atoms with Gasteiger partial charge in [0.2, 0.25) is 5.91 Å². The molecule has 2 nitrogen and oxygen atoms in total. The zero-order chi connectivity index (χ0) is 12.1. The number of halogens is 1. The maximum atomic E-state index is 11.4. The molecule has 0 bridgehead atoms. The lowest BCUT2D eigenvalue weighted by molar-refractivity contribution is -0.111. The maximum absolute atomic E-state index is 11.4. The van der Waals surface area contributed by atoms with Gasteiger partial charge in [-0.25, -0.2) is 0 Å². The largest absolute Gasteiger partial charge is 0.322 e. The van der Waals surface area contributed by atoms with Gasteiger partial charge < -0.3 is 5.32 Å². The van der Waals surface area contributed by atoms with Crippen LogP contribution in [0.4, 0.5) is 5.69 Å². The fourth-order valence-electron chi connectivity index (χ4n) is 1.64. The molecule has 0 radical (unpaired) electrons. The second-order valence-corrected chi connectivity index (χ2v) is 3.87. The van der Waals surface area contributed by atoms with Crippen LogP contribution >= 0.6 is 11.6 Å². The Morgan fingerprint density at radius 2 is 2.12 bits per heavy atom. The lowest BCUT2D eigenvalue weighted by atomic mass is 10.0. The van der Waals surface area contributed by atoms with Crippen LogP contribution < -0.4 is 5.32 Å². The summed E-state index contributed by atoms with van der Waals surface area (Å²) >= 11 is 6.11. The van der Waals surface area contributed by atoms with Crippen LogP contribution in [0.1, 0.15) is 25.0 Å². The third kappa shape index (κ3) is 2.64. The zero-order valence-electron chi connectivity index (χ0n) is 9.64. The Morgan fingerprint density at radius 1 is 1.44 bits per heavy atom. The number of aryl methyl sites for hydroxylation is 1. The van der Waals surface area contributed by atoms with E-state index in [1.807, 2.05) is 26.0 Å². The molecular weight excluding hydrogens is 222 g/mol. The van der Waals surface area contributed by atoms with Gasteiger partial charge in [-0.1, -0.05) is 38.1 Å². The minimum absolute atomic E-state index is 0.202. The smallest absolute Gasteiger partial charge is 0.247 e. The summed E-state index contributed by atoms with van der Waals surface area (Å²) in [5.41, 5.74) is 2.91. The molecule has 0 aliphatic carbocycles. The number of hydrogen-bond acceptors (Lipinski definition) is 1. The van der Waals surface area contributed by atoms with Gasteiger partial charge in [0.05, 0.1) is 0 Å². The van der Waals surface area contributed by atoms with E-state index in [0.717, 1.165) is 29.7 Å². The number of carbonyl (C=O) groups excluding carboxylic acids is 1. The number of amides is 1. The molecule has 0 fully saturated rings. The van der Waals surface area contributed by atoms with Gasteiger partial charge in [-0.2, -0.15) is 0 Å². The third-order valence-electron chi connectivity index (χ3n) is 2.51. The minimum atomic E-state index is -0.202. The molecule has 86 valence electrons. The summed E-state index contributed by atoms with van der Waals surface area (Å²) in [7, 11) is 0. The first-order chi connectivity index (χ1) is 7.63. The Bertz CT molecular complexity index is 413. The Hall–Kier alpha value is -1.28. The lowest BCUT2D eigenvalue weighted by Gasteiger charge is -2.14. The van der Waals surface area contributed by atoms with Crippen molar-refractivity contribution in [3.63, 3.8) is 0 Å². The first kappa shape index (κ1) is 12.8. The van der Waals surface area contributed by atoms with E-state index in [9.17, 15) is 4.79 Å². The molecule has 1 aromatic rings. The number of hydrogen-bond donors (Lipinski definition) is 1. The van der Waals surface area contributed by atoms with Crippen molar-refractivity contribution >= 4 is 23.2 Å². The average molecular weight is 238 g/mol. The number of anilines is 1.